The molecule has 2 heterocycles. The topological polar surface area (TPSA) is 55.6 Å². The van der Waals surface area contributed by atoms with Gasteiger partial charge in [-0.1, -0.05) is 30.3 Å². The van der Waals surface area contributed by atoms with Crippen LogP contribution in [-0.2, 0) is 19.1 Å². The van der Waals surface area contributed by atoms with Gasteiger partial charge in [0.2, 0.25) is 5.95 Å². The molecule has 0 saturated carbocycles. The van der Waals surface area contributed by atoms with Gasteiger partial charge in [-0.2, -0.15) is 18.3 Å². The molecule has 0 radical (unpaired) electrons. The van der Waals surface area contributed by atoms with Crippen molar-refractivity contribution in [3.05, 3.63) is 59.5 Å². The highest BCUT2D eigenvalue weighted by Gasteiger charge is 2.34. The molecular formula is C19H20F3N5. The summed E-state index contributed by atoms with van der Waals surface area (Å²) in [7, 11) is 0. The molecule has 0 spiro atoms. The molecule has 27 heavy (non-hydrogen) atoms. The van der Waals surface area contributed by atoms with Crippen LogP contribution in [0, 0.1) is 6.92 Å². The van der Waals surface area contributed by atoms with Crippen LogP contribution in [0.25, 0.3) is 11.3 Å². The van der Waals surface area contributed by atoms with Gasteiger partial charge < -0.3 is 5.32 Å². The lowest BCUT2D eigenvalue weighted by Gasteiger charge is -2.11. The summed E-state index contributed by atoms with van der Waals surface area (Å²) >= 11 is 0. The minimum absolute atomic E-state index is 0.0422. The van der Waals surface area contributed by atoms with Gasteiger partial charge in [-0.05, 0) is 31.9 Å². The summed E-state index contributed by atoms with van der Waals surface area (Å²) in [6.07, 6.45) is -2.20. The van der Waals surface area contributed by atoms with Crippen LogP contribution in [0.5, 0.6) is 0 Å². The second kappa shape index (κ2) is 7.77. The van der Waals surface area contributed by atoms with E-state index < -0.39 is 11.9 Å². The number of alkyl halides is 3. The van der Waals surface area contributed by atoms with E-state index >= 15 is 0 Å². The Bertz CT molecular complexity index is 903. The highest BCUT2D eigenvalue weighted by molar-refractivity contribution is 5.62. The Labute approximate surface area is 155 Å². The van der Waals surface area contributed by atoms with E-state index in [-0.39, 0.29) is 11.6 Å². The van der Waals surface area contributed by atoms with E-state index in [9.17, 15) is 13.2 Å². The summed E-state index contributed by atoms with van der Waals surface area (Å²) in [6, 6.07) is 10.6. The predicted octanol–water partition coefficient (Wildman–Crippen LogP) is 4.34. The number of halogens is 3. The Kier molecular flexibility index (Phi) is 5.43. The lowest BCUT2D eigenvalue weighted by molar-refractivity contribution is -0.141. The first-order chi connectivity index (χ1) is 12.9. The number of nitrogens with one attached hydrogen (secondary N) is 1. The third-order valence-corrected chi connectivity index (χ3v) is 4.10. The maximum absolute atomic E-state index is 13.3. The fraction of sp³-hybridized carbons (Fsp3) is 0.316. The smallest absolute Gasteiger partial charge is 0.354 e. The number of nitrogens with zero attached hydrogens (tertiary/aromatic N) is 4. The molecule has 0 saturated heterocycles. The Hall–Kier alpha value is -2.90. The lowest BCUT2D eigenvalue weighted by Crippen LogP contribution is -2.14. The van der Waals surface area contributed by atoms with E-state index in [0.29, 0.717) is 30.8 Å². The monoisotopic (exact) mass is 375 g/mol. The van der Waals surface area contributed by atoms with Gasteiger partial charge in [0.25, 0.3) is 0 Å². The van der Waals surface area contributed by atoms with E-state index in [4.69, 9.17) is 0 Å². The maximum Gasteiger partial charge on any atom is 0.433 e. The largest absolute Gasteiger partial charge is 0.433 e. The van der Waals surface area contributed by atoms with Gasteiger partial charge in [-0.15, -0.1) is 0 Å². The summed E-state index contributed by atoms with van der Waals surface area (Å²) in [4.78, 5) is 7.92. The number of aryl methyl sites for hydroxylation is 2. The van der Waals surface area contributed by atoms with Crippen molar-refractivity contribution in [1.82, 2.24) is 19.7 Å². The minimum atomic E-state index is -4.55. The van der Waals surface area contributed by atoms with Crippen molar-refractivity contribution < 1.29 is 13.2 Å². The molecule has 0 bridgehead atoms. The van der Waals surface area contributed by atoms with Gasteiger partial charge in [-0.25, -0.2) is 9.97 Å². The molecule has 8 heteroatoms. The molecule has 0 atom stereocenters. The molecule has 0 fully saturated rings. The molecule has 3 rings (SSSR count). The number of benzene rings is 1. The zero-order valence-corrected chi connectivity index (χ0v) is 15.1. The molecule has 2 aromatic heterocycles. The molecule has 1 aromatic carbocycles. The average Bonchev–Trinajstić information content (AvgIpc) is 3.03. The van der Waals surface area contributed by atoms with Crippen molar-refractivity contribution in [3.8, 4) is 11.3 Å². The quantitative estimate of drug-likeness (QED) is 0.696. The maximum atomic E-state index is 13.3. The molecule has 0 aliphatic carbocycles. The summed E-state index contributed by atoms with van der Waals surface area (Å²) in [5, 5.41) is 7.19. The van der Waals surface area contributed by atoms with Crippen molar-refractivity contribution in [2.24, 2.45) is 0 Å². The highest BCUT2D eigenvalue weighted by atomic mass is 19.4. The van der Waals surface area contributed by atoms with Crippen LogP contribution in [-0.4, -0.2) is 26.3 Å². The SMILES string of the molecule is CCn1cc(-c2cc(C(F)(F)F)nc(NCCc3ccccc3)n2)c(C)n1. The number of rotatable bonds is 6. The van der Waals surface area contributed by atoms with Crippen molar-refractivity contribution in [2.45, 2.75) is 33.0 Å². The van der Waals surface area contributed by atoms with Crippen LogP contribution in [0.15, 0.2) is 42.6 Å². The van der Waals surface area contributed by atoms with Crippen molar-refractivity contribution in [1.29, 1.82) is 0 Å². The molecule has 0 unspecified atom stereocenters. The zero-order valence-electron chi connectivity index (χ0n) is 15.1. The molecule has 0 amide bonds. The minimum Gasteiger partial charge on any atom is -0.354 e. The lowest BCUT2D eigenvalue weighted by atomic mass is 10.1. The van der Waals surface area contributed by atoms with Gasteiger partial charge in [0.05, 0.1) is 11.4 Å². The molecule has 0 aliphatic heterocycles. The van der Waals surface area contributed by atoms with E-state index in [1.165, 1.54) is 0 Å². The number of hydrogen-bond acceptors (Lipinski definition) is 4. The highest BCUT2D eigenvalue weighted by Crippen LogP contribution is 2.31. The van der Waals surface area contributed by atoms with Crippen LogP contribution in [0.4, 0.5) is 19.1 Å². The second-order valence-electron chi connectivity index (χ2n) is 6.11. The zero-order chi connectivity index (χ0) is 19.4. The molecule has 5 nitrogen and oxygen atoms in total. The predicted molar refractivity (Wildman–Crippen MR) is 97.3 cm³/mol. The second-order valence-corrected chi connectivity index (χ2v) is 6.11. The molecule has 1 N–H and O–H groups in total. The Morgan fingerprint density at radius 2 is 1.85 bits per heavy atom. The number of aromatic nitrogens is 4. The van der Waals surface area contributed by atoms with Crippen LogP contribution in [0.1, 0.15) is 23.9 Å². The van der Waals surface area contributed by atoms with Crippen molar-refractivity contribution in [2.75, 3.05) is 11.9 Å². The Morgan fingerprint density at radius 3 is 2.48 bits per heavy atom. The Balaban J connectivity index is 1.87. The van der Waals surface area contributed by atoms with Crippen LogP contribution < -0.4 is 5.32 Å². The van der Waals surface area contributed by atoms with E-state index in [0.717, 1.165) is 11.6 Å². The third-order valence-electron chi connectivity index (χ3n) is 4.10. The van der Waals surface area contributed by atoms with Gasteiger partial charge in [0.15, 0.2) is 5.69 Å². The van der Waals surface area contributed by atoms with Gasteiger partial charge in [0, 0.05) is 24.8 Å². The van der Waals surface area contributed by atoms with Crippen LogP contribution in [0.3, 0.4) is 0 Å². The number of anilines is 1. The summed E-state index contributed by atoms with van der Waals surface area (Å²) in [6.45, 7) is 4.71. The fourth-order valence-electron chi connectivity index (χ4n) is 2.70. The van der Waals surface area contributed by atoms with Gasteiger partial charge in [-0.3, -0.25) is 4.68 Å². The number of hydrogen-bond donors (Lipinski definition) is 1. The normalized spacial score (nSPS) is 11.6. The molecule has 3 aromatic rings. The fourth-order valence-corrected chi connectivity index (χ4v) is 2.70. The summed E-state index contributed by atoms with van der Waals surface area (Å²) in [5.41, 5.74) is 1.50. The standard InChI is InChI=1S/C19H20F3N5/c1-3-27-12-15(13(2)26-27)16-11-17(19(20,21)22)25-18(24-16)23-10-9-14-7-5-4-6-8-14/h4-8,11-12H,3,9-10H2,1-2H3,(H,23,24,25). The first-order valence-electron chi connectivity index (χ1n) is 8.65. The molecule has 142 valence electrons. The van der Waals surface area contributed by atoms with Gasteiger partial charge >= 0.3 is 6.18 Å². The molecular weight excluding hydrogens is 355 g/mol. The third kappa shape index (κ3) is 4.64. The average molecular weight is 375 g/mol. The van der Waals surface area contributed by atoms with Crippen molar-refractivity contribution in [3.63, 3.8) is 0 Å². The first-order valence-corrected chi connectivity index (χ1v) is 8.65. The Morgan fingerprint density at radius 1 is 1.11 bits per heavy atom. The van der Waals surface area contributed by atoms with Gasteiger partial charge in [0.1, 0.15) is 0 Å². The summed E-state index contributed by atoms with van der Waals surface area (Å²) < 4.78 is 41.5. The summed E-state index contributed by atoms with van der Waals surface area (Å²) in [5.74, 6) is -0.0422. The van der Waals surface area contributed by atoms with Crippen LogP contribution >= 0.6 is 0 Å². The van der Waals surface area contributed by atoms with Crippen LogP contribution in [0.2, 0.25) is 0 Å². The van der Waals surface area contributed by atoms with E-state index in [1.807, 2.05) is 37.3 Å². The first kappa shape index (κ1) is 18.9. The van der Waals surface area contributed by atoms with E-state index in [2.05, 4.69) is 20.4 Å². The van der Waals surface area contributed by atoms with E-state index in [1.54, 1.807) is 17.8 Å². The van der Waals surface area contributed by atoms with Crippen molar-refractivity contribution >= 4 is 5.95 Å². The molecule has 0 aliphatic rings.